The molecule has 106 valence electrons. The molecule has 1 atom stereocenters. The average molecular weight is 289 g/mol. The van der Waals surface area contributed by atoms with Crippen molar-refractivity contribution in [3.8, 4) is 0 Å². The Kier molecular flexibility index (Phi) is 4.74. The molecule has 2 rings (SSSR count). The number of aromatic nitrogens is 1. The van der Waals surface area contributed by atoms with Gasteiger partial charge in [-0.05, 0) is 31.2 Å². The molecule has 5 heteroatoms. The number of anilines is 2. The van der Waals surface area contributed by atoms with E-state index >= 15 is 0 Å². The Hall–Kier alpha value is -1.88. The van der Waals surface area contributed by atoms with E-state index < -0.39 is 0 Å². The lowest BCUT2D eigenvalue weighted by Gasteiger charge is -2.14. The molecule has 4 nitrogen and oxygen atoms in total. The number of thiazole rings is 1. The van der Waals surface area contributed by atoms with Crippen molar-refractivity contribution in [3.63, 3.8) is 0 Å². The quantitative estimate of drug-likeness (QED) is 0.877. The molecule has 0 aliphatic heterocycles. The lowest BCUT2D eigenvalue weighted by Crippen LogP contribution is -2.17. The van der Waals surface area contributed by atoms with Crippen molar-refractivity contribution < 1.29 is 4.79 Å². The minimum absolute atomic E-state index is 0.0147. The van der Waals surface area contributed by atoms with Crippen molar-refractivity contribution >= 4 is 28.6 Å². The first kappa shape index (κ1) is 14.5. The van der Waals surface area contributed by atoms with E-state index in [0.717, 1.165) is 11.4 Å². The zero-order chi connectivity index (χ0) is 14.5. The van der Waals surface area contributed by atoms with Crippen LogP contribution in [0.25, 0.3) is 0 Å². The van der Waals surface area contributed by atoms with Gasteiger partial charge in [0.15, 0.2) is 0 Å². The van der Waals surface area contributed by atoms with E-state index in [1.54, 1.807) is 11.3 Å². The summed E-state index contributed by atoms with van der Waals surface area (Å²) in [6.07, 6.45) is 1.87. The first-order chi connectivity index (χ1) is 9.56. The highest BCUT2D eigenvalue weighted by Crippen LogP contribution is 2.23. The van der Waals surface area contributed by atoms with E-state index in [1.807, 2.05) is 49.8 Å². The minimum Gasteiger partial charge on any atom is -0.378 e. The Morgan fingerprint density at radius 1 is 1.15 bits per heavy atom. The van der Waals surface area contributed by atoms with Crippen LogP contribution in [0.1, 0.15) is 31.7 Å². The number of hydrogen-bond acceptors (Lipinski definition) is 4. The fourth-order valence-corrected chi connectivity index (χ4v) is 2.33. The maximum absolute atomic E-state index is 11.6. The zero-order valence-electron chi connectivity index (χ0n) is 11.9. The lowest BCUT2D eigenvalue weighted by molar-refractivity contribution is -0.118. The summed E-state index contributed by atoms with van der Waals surface area (Å²) in [6.45, 7) is 5.85. The van der Waals surface area contributed by atoms with Gasteiger partial charge in [0.1, 0.15) is 0 Å². The van der Waals surface area contributed by atoms with Gasteiger partial charge in [-0.1, -0.05) is 13.8 Å². The molecule has 0 aliphatic carbocycles. The summed E-state index contributed by atoms with van der Waals surface area (Å²) in [4.78, 5) is 16.9. The Balaban J connectivity index is 1.96. The van der Waals surface area contributed by atoms with Gasteiger partial charge in [-0.25, -0.2) is 0 Å². The topological polar surface area (TPSA) is 54.0 Å². The number of carbonyl (C=O) groups excluding carboxylic acids is 1. The highest BCUT2D eigenvalue weighted by Gasteiger charge is 2.08. The normalized spacial score (nSPS) is 12.2. The second-order valence-electron chi connectivity index (χ2n) is 4.99. The molecule has 0 fully saturated rings. The summed E-state index contributed by atoms with van der Waals surface area (Å²) in [5.41, 5.74) is 3.67. The number of carbonyl (C=O) groups is 1. The standard InChI is InChI=1S/C15H19N3OS/c1-10(2)15(19)18-13-6-4-12(5-7-13)17-11(3)14-8-16-9-20-14/h4-11,17H,1-3H3,(H,18,19). The Labute approximate surface area is 123 Å². The van der Waals surface area contributed by atoms with Crippen LogP contribution in [0.3, 0.4) is 0 Å². The van der Waals surface area contributed by atoms with E-state index in [4.69, 9.17) is 0 Å². The van der Waals surface area contributed by atoms with E-state index in [2.05, 4.69) is 22.5 Å². The second-order valence-corrected chi connectivity index (χ2v) is 5.91. The van der Waals surface area contributed by atoms with Crippen molar-refractivity contribution in [1.29, 1.82) is 0 Å². The molecule has 0 aliphatic rings. The van der Waals surface area contributed by atoms with Crippen LogP contribution in [0.15, 0.2) is 36.0 Å². The molecule has 1 aromatic heterocycles. The van der Waals surface area contributed by atoms with Crippen molar-refractivity contribution in [2.24, 2.45) is 5.92 Å². The van der Waals surface area contributed by atoms with Crippen LogP contribution in [0.5, 0.6) is 0 Å². The van der Waals surface area contributed by atoms with Crippen LogP contribution in [-0.2, 0) is 4.79 Å². The third-order valence-corrected chi connectivity index (χ3v) is 3.90. The van der Waals surface area contributed by atoms with Crippen molar-refractivity contribution in [2.45, 2.75) is 26.8 Å². The molecule has 2 aromatic rings. The monoisotopic (exact) mass is 289 g/mol. The molecule has 0 radical (unpaired) electrons. The van der Waals surface area contributed by atoms with Gasteiger partial charge in [0.05, 0.1) is 11.6 Å². The molecule has 1 heterocycles. The number of benzene rings is 1. The van der Waals surface area contributed by atoms with Gasteiger partial charge in [-0.15, -0.1) is 11.3 Å². The SMILES string of the molecule is CC(C)C(=O)Nc1ccc(NC(C)c2cncs2)cc1. The van der Waals surface area contributed by atoms with Crippen molar-refractivity contribution in [2.75, 3.05) is 10.6 Å². The molecule has 2 N–H and O–H groups in total. The van der Waals surface area contributed by atoms with E-state index in [1.165, 1.54) is 4.88 Å². The van der Waals surface area contributed by atoms with Gasteiger partial charge >= 0.3 is 0 Å². The van der Waals surface area contributed by atoms with E-state index in [9.17, 15) is 4.79 Å². The van der Waals surface area contributed by atoms with Gasteiger partial charge in [0, 0.05) is 28.4 Å². The number of nitrogens with zero attached hydrogens (tertiary/aromatic N) is 1. The Morgan fingerprint density at radius 2 is 1.80 bits per heavy atom. The highest BCUT2D eigenvalue weighted by atomic mass is 32.1. The van der Waals surface area contributed by atoms with Crippen LogP contribution >= 0.6 is 11.3 Å². The average Bonchev–Trinajstić information content (AvgIpc) is 2.95. The van der Waals surface area contributed by atoms with E-state index in [0.29, 0.717) is 0 Å². The number of rotatable bonds is 5. The summed E-state index contributed by atoms with van der Waals surface area (Å²) in [6, 6.07) is 7.96. The number of amides is 1. The largest absolute Gasteiger partial charge is 0.378 e. The number of nitrogens with one attached hydrogen (secondary N) is 2. The molecule has 20 heavy (non-hydrogen) atoms. The van der Waals surface area contributed by atoms with Crippen molar-refractivity contribution in [3.05, 3.63) is 40.8 Å². The van der Waals surface area contributed by atoms with Crippen LogP contribution in [0.2, 0.25) is 0 Å². The summed E-state index contributed by atoms with van der Waals surface area (Å²) < 4.78 is 0. The highest BCUT2D eigenvalue weighted by molar-refractivity contribution is 7.09. The molecule has 1 aromatic carbocycles. The molecular formula is C15H19N3OS. The van der Waals surface area contributed by atoms with Gasteiger partial charge in [-0.2, -0.15) is 0 Å². The first-order valence-electron chi connectivity index (χ1n) is 6.62. The van der Waals surface area contributed by atoms with E-state index in [-0.39, 0.29) is 17.9 Å². The van der Waals surface area contributed by atoms with Crippen LogP contribution < -0.4 is 10.6 Å². The predicted octanol–water partition coefficient (Wildman–Crippen LogP) is 3.91. The molecule has 0 spiro atoms. The lowest BCUT2D eigenvalue weighted by atomic mass is 10.2. The number of hydrogen-bond donors (Lipinski definition) is 2. The fourth-order valence-electron chi connectivity index (χ4n) is 1.70. The van der Waals surface area contributed by atoms with Crippen LogP contribution in [-0.4, -0.2) is 10.9 Å². The summed E-state index contributed by atoms with van der Waals surface area (Å²) in [5.74, 6) is 0.0166. The first-order valence-corrected chi connectivity index (χ1v) is 7.50. The van der Waals surface area contributed by atoms with Crippen LogP contribution in [0.4, 0.5) is 11.4 Å². The summed E-state index contributed by atoms with van der Waals surface area (Å²) in [7, 11) is 0. The maximum Gasteiger partial charge on any atom is 0.226 e. The summed E-state index contributed by atoms with van der Waals surface area (Å²) in [5, 5.41) is 6.28. The van der Waals surface area contributed by atoms with Crippen LogP contribution in [0, 0.1) is 5.92 Å². The molecule has 0 saturated heterocycles. The van der Waals surface area contributed by atoms with Gasteiger partial charge < -0.3 is 10.6 Å². The Bertz CT molecular complexity index is 549. The third kappa shape index (κ3) is 3.81. The minimum atomic E-state index is -0.0147. The van der Waals surface area contributed by atoms with Crippen molar-refractivity contribution in [1.82, 2.24) is 4.98 Å². The molecule has 0 bridgehead atoms. The molecular weight excluding hydrogens is 270 g/mol. The summed E-state index contributed by atoms with van der Waals surface area (Å²) >= 11 is 1.63. The third-order valence-electron chi connectivity index (χ3n) is 2.94. The second kappa shape index (κ2) is 6.52. The van der Waals surface area contributed by atoms with Gasteiger partial charge in [0.2, 0.25) is 5.91 Å². The van der Waals surface area contributed by atoms with Gasteiger partial charge in [0.25, 0.3) is 0 Å². The predicted molar refractivity (Wildman–Crippen MR) is 84.1 cm³/mol. The van der Waals surface area contributed by atoms with Gasteiger partial charge in [-0.3, -0.25) is 9.78 Å². The molecule has 0 saturated carbocycles. The smallest absolute Gasteiger partial charge is 0.226 e. The fraction of sp³-hybridized carbons (Fsp3) is 0.333. The molecule has 1 amide bonds. The molecule has 1 unspecified atom stereocenters. The maximum atomic E-state index is 11.6. The Morgan fingerprint density at radius 3 is 2.35 bits per heavy atom. The zero-order valence-corrected chi connectivity index (χ0v) is 12.7.